The van der Waals surface area contributed by atoms with Crippen molar-refractivity contribution in [3.63, 3.8) is 0 Å². The fraction of sp³-hybridized carbons (Fsp3) is 0.905. The van der Waals surface area contributed by atoms with Crippen molar-refractivity contribution in [2.45, 2.75) is 69.1 Å². The molecule has 3 rings (SSSR count). The van der Waals surface area contributed by atoms with Gasteiger partial charge in [0.2, 0.25) is 5.91 Å². The lowest BCUT2D eigenvalue weighted by Crippen LogP contribution is -2.60. The van der Waals surface area contributed by atoms with Gasteiger partial charge >= 0.3 is 0 Å². The van der Waals surface area contributed by atoms with E-state index in [1.54, 1.807) is 4.90 Å². The van der Waals surface area contributed by atoms with Crippen molar-refractivity contribution in [2.24, 2.45) is 35.0 Å². The smallest absolute Gasteiger partial charge is 0.225 e. The van der Waals surface area contributed by atoms with Gasteiger partial charge in [0.15, 0.2) is 0 Å². The lowest BCUT2D eigenvalue weighted by Gasteiger charge is -2.60. The molecule has 3 nitrogen and oxygen atoms in total. The Labute approximate surface area is 166 Å². The summed E-state index contributed by atoms with van der Waals surface area (Å²) in [5, 5.41) is 0. The second kappa shape index (κ2) is 6.79. The average molecular weight is 459 g/mol. The highest BCUT2D eigenvalue weighted by atomic mass is 127. The van der Waals surface area contributed by atoms with Gasteiger partial charge in [-0.25, -0.2) is 0 Å². The molecule has 3 fully saturated rings. The van der Waals surface area contributed by atoms with Crippen molar-refractivity contribution in [3.05, 3.63) is 0 Å². The molecule has 0 radical (unpaired) electrons. The molecule has 1 amide bonds. The maximum Gasteiger partial charge on any atom is 0.225 e. The second-order valence-corrected chi connectivity index (χ2v) is 11.5. The molecule has 0 heterocycles. The summed E-state index contributed by atoms with van der Waals surface area (Å²) < 4.78 is 0.248. The van der Waals surface area contributed by atoms with E-state index in [1.165, 1.54) is 6.42 Å². The van der Waals surface area contributed by atoms with Crippen LogP contribution in [0.4, 0.5) is 0 Å². The van der Waals surface area contributed by atoms with E-state index in [9.17, 15) is 9.59 Å². The first kappa shape index (κ1) is 19.6. The highest BCUT2D eigenvalue weighted by molar-refractivity contribution is 14.1. The number of carbonyl (C=O) groups excluding carboxylic acids is 2. The lowest BCUT2D eigenvalue weighted by molar-refractivity contribution is -0.144. The van der Waals surface area contributed by atoms with Gasteiger partial charge in [-0.3, -0.25) is 9.59 Å². The maximum absolute atomic E-state index is 12.7. The van der Waals surface area contributed by atoms with Crippen LogP contribution in [0.5, 0.6) is 0 Å². The summed E-state index contributed by atoms with van der Waals surface area (Å²) in [6, 6.07) is 0. The van der Waals surface area contributed by atoms with Crippen molar-refractivity contribution < 1.29 is 9.59 Å². The molecule has 0 aliphatic heterocycles. The fourth-order valence-corrected chi connectivity index (χ4v) is 8.75. The van der Waals surface area contributed by atoms with Crippen LogP contribution in [-0.4, -0.2) is 34.1 Å². The van der Waals surface area contributed by atoms with Gasteiger partial charge in [0.05, 0.1) is 0 Å². The van der Waals surface area contributed by atoms with Crippen molar-refractivity contribution >= 4 is 34.3 Å². The predicted molar refractivity (Wildman–Crippen MR) is 110 cm³/mol. The molecule has 6 unspecified atom stereocenters. The molecule has 25 heavy (non-hydrogen) atoms. The maximum atomic E-state index is 12.7. The van der Waals surface area contributed by atoms with Gasteiger partial charge in [-0.1, -0.05) is 49.8 Å². The zero-order valence-corrected chi connectivity index (χ0v) is 18.6. The van der Waals surface area contributed by atoms with Crippen LogP contribution in [0.1, 0.15) is 65.7 Å². The Morgan fingerprint density at radius 1 is 1.20 bits per heavy atom. The molecule has 3 aliphatic carbocycles. The van der Waals surface area contributed by atoms with E-state index in [-0.39, 0.29) is 14.8 Å². The minimum absolute atomic E-state index is 0.178. The number of hydrogen-bond donors (Lipinski definition) is 0. The van der Waals surface area contributed by atoms with Crippen LogP contribution in [0.25, 0.3) is 0 Å². The van der Waals surface area contributed by atoms with E-state index in [2.05, 4.69) is 43.4 Å². The molecule has 3 aliphatic rings. The highest BCUT2D eigenvalue weighted by Gasteiger charge is 2.61. The van der Waals surface area contributed by atoms with Gasteiger partial charge in [-0.15, -0.1) is 0 Å². The number of rotatable bonds is 2. The van der Waals surface area contributed by atoms with Crippen LogP contribution in [0.2, 0.25) is 0 Å². The van der Waals surface area contributed by atoms with Crippen LogP contribution in [0.3, 0.4) is 0 Å². The molecule has 0 aromatic heterocycles. The van der Waals surface area contributed by atoms with Crippen LogP contribution >= 0.6 is 22.6 Å². The number of amides is 1. The van der Waals surface area contributed by atoms with Crippen molar-refractivity contribution in [2.75, 3.05) is 14.1 Å². The topological polar surface area (TPSA) is 37.4 Å². The largest absolute Gasteiger partial charge is 0.349 e. The molecule has 142 valence electrons. The SMILES string of the molecule is CCC1C(C(=O)N(C)C)CCC2C1CCC1C(C)(C)C(=O)CCC21I. The van der Waals surface area contributed by atoms with Gasteiger partial charge in [0.25, 0.3) is 0 Å². The van der Waals surface area contributed by atoms with E-state index >= 15 is 0 Å². The van der Waals surface area contributed by atoms with Crippen molar-refractivity contribution in [1.82, 2.24) is 4.90 Å². The molecular formula is C21H34INO2. The normalized spacial score (nSPS) is 43.1. The van der Waals surface area contributed by atoms with Gasteiger partial charge in [-0.2, -0.15) is 0 Å². The summed E-state index contributed by atoms with van der Waals surface area (Å²) in [4.78, 5) is 27.1. The average Bonchev–Trinajstić information content (AvgIpc) is 2.56. The summed E-state index contributed by atoms with van der Waals surface area (Å²) in [5.41, 5.74) is -0.178. The summed E-state index contributed by atoms with van der Waals surface area (Å²) in [7, 11) is 3.79. The summed E-state index contributed by atoms with van der Waals surface area (Å²) >= 11 is 2.75. The Bertz CT molecular complexity index is 558. The van der Waals surface area contributed by atoms with Gasteiger partial charge < -0.3 is 4.90 Å². The zero-order valence-electron chi connectivity index (χ0n) is 16.5. The second-order valence-electron chi connectivity index (χ2n) is 9.46. The van der Waals surface area contributed by atoms with Gasteiger partial charge in [0.1, 0.15) is 5.78 Å². The molecule has 0 N–H and O–H groups in total. The van der Waals surface area contributed by atoms with E-state index in [0.717, 1.165) is 38.5 Å². The Morgan fingerprint density at radius 3 is 2.48 bits per heavy atom. The fourth-order valence-electron chi connectivity index (χ4n) is 6.62. The first-order valence-electron chi connectivity index (χ1n) is 10.1. The Hall–Kier alpha value is -0.130. The zero-order chi connectivity index (χ0) is 18.6. The van der Waals surface area contributed by atoms with Gasteiger partial charge in [0, 0.05) is 35.3 Å². The van der Waals surface area contributed by atoms with E-state index in [4.69, 9.17) is 0 Å². The molecule has 0 aromatic carbocycles. The minimum atomic E-state index is -0.178. The third-order valence-electron chi connectivity index (χ3n) is 7.91. The Kier molecular flexibility index (Phi) is 5.33. The third kappa shape index (κ3) is 2.98. The first-order chi connectivity index (χ1) is 11.6. The number of halogens is 1. The molecule has 0 aromatic rings. The monoisotopic (exact) mass is 459 g/mol. The summed E-state index contributed by atoms with van der Waals surface area (Å²) in [6.07, 6.45) is 7.44. The Balaban J connectivity index is 1.90. The first-order valence-corrected chi connectivity index (χ1v) is 11.2. The Morgan fingerprint density at radius 2 is 1.88 bits per heavy atom. The molecule has 4 heteroatoms. The quantitative estimate of drug-likeness (QED) is 0.443. The standard InChI is InChI=1S/C21H34INO2/c1-6-13-14-8-10-17-20(2,3)18(24)11-12-21(17,22)16(14)9-7-15(13)19(25)23(4)5/h13-17H,6-12H2,1-5H3. The van der Waals surface area contributed by atoms with Crippen molar-refractivity contribution in [3.8, 4) is 0 Å². The van der Waals surface area contributed by atoms with Crippen molar-refractivity contribution in [1.29, 1.82) is 0 Å². The van der Waals surface area contributed by atoms with E-state index in [1.807, 2.05) is 14.1 Å². The van der Waals surface area contributed by atoms with Crippen LogP contribution in [-0.2, 0) is 9.59 Å². The number of ketones is 1. The molecule has 0 spiro atoms. The van der Waals surface area contributed by atoms with Crippen LogP contribution in [0, 0.1) is 35.0 Å². The number of carbonyl (C=O) groups is 2. The number of hydrogen-bond acceptors (Lipinski definition) is 2. The highest BCUT2D eigenvalue weighted by Crippen LogP contribution is 2.64. The number of fused-ring (bicyclic) bond motifs is 3. The van der Waals surface area contributed by atoms with Crippen LogP contribution in [0.15, 0.2) is 0 Å². The third-order valence-corrected chi connectivity index (χ3v) is 10.0. The molecule has 0 bridgehead atoms. The van der Waals surface area contributed by atoms with Gasteiger partial charge in [-0.05, 0) is 55.8 Å². The summed E-state index contributed by atoms with van der Waals surface area (Å²) in [6.45, 7) is 6.64. The molecule has 3 saturated carbocycles. The van der Waals surface area contributed by atoms with E-state index in [0.29, 0.717) is 35.4 Å². The predicted octanol–water partition coefficient (Wildman–Crippen LogP) is 4.72. The minimum Gasteiger partial charge on any atom is -0.349 e. The molecular weight excluding hydrogens is 425 g/mol. The number of Topliss-reactive ketones (excluding diaryl/α,β-unsaturated/α-hetero) is 1. The summed E-state index contributed by atoms with van der Waals surface area (Å²) in [5.74, 6) is 3.35. The number of nitrogens with zero attached hydrogens (tertiary/aromatic N) is 1. The van der Waals surface area contributed by atoms with E-state index < -0.39 is 0 Å². The molecule has 6 atom stereocenters. The number of alkyl halides is 1. The van der Waals surface area contributed by atoms with Crippen LogP contribution < -0.4 is 0 Å². The lowest BCUT2D eigenvalue weighted by atomic mass is 9.48. The molecule has 0 saturated heterocycles.